The summed E-state index contributed by atoms with van der Waals surface area (Å²) < 4.78 is 3.93. The molecule has 0 rings (SSSR count). The molecule has 0 fully saturated rings. The van der Waals surface area contributed by atoms with E-state index in [1.54, 1.807) is 0 Å². The van der Waals surface area contributed by atoms with Gasteiger partial charge < -0.3 is 15.7 Å². The molecule has 0 bridgehead atoms. The summed E-state index contributed by atoms with van der Waals surface area (Å²) in [5.41, 5.74) is 0. The van der Waals surface area contributed by atoms with Gasteiger partial charge in [-0.3, -0.25) is 0 Å². The van der Waals surface area contributed by atoms with E-state index in [2.05, 4.69) is 4.52 Å². The summed E-state index contributed by atoms with van der Waals surface area (Å²) in [6, 6.07) is 0. The van der Waals surface area contributed by atoms with Crippen molar-refractivity contribution in [2.24, 2.45) is 0 Å². The molecule has 0 aliphatic rings. The van der Waals surface area contributed by atoms with Crippen LogP contribution >= 0.6 is 8.60 Å². The third-order valence-corrected chi connectivity index (χ3v) is 0.490. The molecule has 0 spiro atoms. The van der Waals surface area contributed by atoms with E-state index >= 15 is 0 Å². The van der Waals surface area contributed by atoms with Crippen molar-refractivity contribution in [2.45, 2.75) is 0 Å². The standard InChI is InChI=1S/CH5O3P.K.H/c1-4-5(2)3;;/h2-3H,1H3;;/q;+1;-1. The van der Waals surface area contributed by atoms with E-state index in [-0.39, 0.29) is 52.8 Å². The molecule has 0 aromatic heterocycles. The van der Waals surface area contributed by atoms with E-state index in [1.165, 1.54) is 7.11 Å². The van der Waals surface area contributed by atoms with E-state index in [4.69, 9.17) is 9.79 Å². The van der Waals surface area contributed by atoms with E-state index in [1.807, 2.05) is 0 Å². The molecule has 0 unspecified atom stereocenters. The average molecular weight is 136 g/mol. The van der Waals surface area contributed by atoms with Gasteiger partial charge in [-0.15, -0.1) is 0 Å². The summed E-state index contributed by atoms with van der Waals surface area (Å²) >= 11 is 0. The van der Waals surface area contributed by atoms with Crippen molar-refractivity contribution in [3.8, 4) is 0 Å². The largest absolute Gasteiger partial charge is 1.00 e. The van der Waals surface area contributed by atoms with Gasteiger partial charge in [0.05, 0.1) is 0 Å². The minimum absolute atomic E-state index is 0. The van der Waals surface area contributed by atoms with Crippen LogP contribution in [0.25, 0.3) is 0 Å². The molecular formula is CH6KO3P. The normalized spacial score (nSPS) is 8.00. The molecule has 0 saturated heterocycles. The van der Waals surface area contributed by atoms with Crippen molar-refractivity contribution < 1.29 is 67.1 Å². The minimum atomic E-state index is -2.10. The van der Waals surface area contributed by atoms with Gasteiger partial charge in [0.15, 0.2) is 0 Å². The number of hydrogen-bond acceptors (Lipinski definition) is 3. The maximum atomic E-state index is 7.76. The van der Waals surface area contributed by atoms with Crippen molar-refractivity contribution in [3.63, 3.8) is 0 Å². The van der Waals surface area contributed by atoms with Crippen molar-refractivity contribution in [2.75, 3.05) is 7.11 Å². The van der Waals surface area contributed by atoms with Crippen LogP contribution in [0.4, 0.5) is 0 Å². The van der Waals surface area contributed by atoms with E-state index in [0.29, 0.717) is 0 Å². The van der Waals surface area contributed by atoms with E-state index in [0.717, 1.165) is 0 Å². The van der Waals surface area contributed by atoms with Gasteiger partial charge in [-0.2, -0.15) is 0 Å². The second kappa shape index (κ2) is 6.95. The van der Waals surface area contributed by atoms with Crippen LogP contribution in [0.5, 0.6) is 0 Å². The van der Waals surface area contributed by atoms with Crippen molar-refractivity contribution in [1.29, 1.82) is 0 Å². The Kier molecular flexibility index (Phi) is 12.6. The van der Waals surface area contributed by atoms with Crippen LogP contribution in [0.1, 0.15) is 1.43 Å². The zero-order chi connectivity index (χ0) is 4.28. The van der Waals surface area contributed by atoms with Crippen LogP contribution in [0, 0.1) is 0 Å². The first-order valence-electron chi connectivity index (χ1n) is 0.991. The molecule has 0 aliphatic heterocycles. The van der Waals surface area contributed by atoms with Crippen LogP contribution in [-0.4, -0.2) is 16.9 Å². The van der Waals surface area contributed by atoms with Crippen LogP contribution in [0.2, 0.25) is 0 Å². The minimum Gasteiger partial charge on any atom is -1.00 e. The zero-order valence-corrected chi connectivity index (χ0v) is 7.77. The Balaban J connectivity index is -0.0000000800. The fourth-order valence-electron chi connectivity index (χ4n) is 0. The summed E-state index contributed by atoms with van der Waals surface area (Å²) in [4.78, 5) is 15.5. The molecule has 5 heteroatoms. The molecule has 2 N–H and O–H groups in total. The van der Waals surface area contributed by atoms with Crippen LogP contribution < -0.4 is 51.4 Å². The molecule has 3 nitrogen and oxygen atoms in total. The summed E-state index contributed by atoms with van der Waals surface area (Å²) in [6.45, 7) is 0. The Labute approximate surface area is 81.6 Å². The van der Waals surface area contributed by atoms with Crippen molar-refractivity contribution >= 4 is 8.60 Å². The van der Waals surface area contributed by atoms with Crippen molar-refractivity contribution in [1.82, 2.24) is 0 Å². The van der Waals surface area contributed by atoms with Gasteiger partial charge in [0.1, 0.15) is 0 Å². The fourth-order valence-corrected chi connectivity index (χ4v) is 0. The Morgan fingerprint density at radius 3 is 1.83 bits per heavy atom. The second-order valence-corrected chi connectivity index (χ2v) is 1.31. The average Bonchev–Trinajstić information content (AvgIpc) is 1.38. The second-order valence-electron chi connectivity index (χ2n) is 0.435. The van der Waals surface area contributed by atoms with E-state index in [9.17, 15) is 0 Å². The summed E-state index contributed by atoms with van der Waals surface area (Å²) in [5, 5.41) is 0. The van der Waals surface area contributed by atoms with Crippen LogP contribution in [0.3, 0.4) is 0 Å². The molecular weight excluding hydrogens is 130 g/mol. The molecule has 0 aliphatic carbocycles. The summed E-state index contributed by atoms with van der Waals surface area (Å²) in [5.74, 6) is 0. The summed E-state index contributed by atoms with van der Waals surface area (Å²) in [6.07, 6.45) is 0. The van der Waals surface area contributed by atoms with Gasteiger partial charge in [-0.1, -0.05) is 0 Å². The molecule has 6 heavy (non-hydrogen) atoms. The molecule has 0 amide bonds. The quantitative estimate of drug-likeness (QED) is 0.297. The third kappa shape index (κ3) is 9.34. The fraction of sp³-hybridized carbons (Fsp3) is 1.00. The molecule has 34 valence electrons. The van der Waals surface area contributed by atoms with Gasteiger partial charge >= 0.3 is 60.0 Å². The van der Waals surface area contributed by atoms with Gasteiger partial charge in [0.25, 0.3) is 0 Å². The Morgan fingerprint density at radius 1 is 1.67 bits per heavy atom. The predicted molar refractivity (Wildman–Crippen MR) is 19.5 cm³/mol. The van der Waals surface area contributed by atoms with Gasteiger partial charge in [-0.05, 0) is 0 Å². The number of rotatable bonds is 1. The van der Waals surface area contributed by atoms with Gasteiger partial charge in [0.2, 0.25) is 0 Å². The summed E-state index contributed by atoms with van der Waals surface area (Å²) in [7, 11) is -0.870. The molecule has 0 saturated carbocycles. The topological polar surface area (TPSA) is 49.7 Å². The zero-order valence-electron chi connectivity index (χ0n) is 4.75. The van der Waals surface area contributed by atoms with Gasteiger partial charge in [-0.25, -0.2) is 0 Å². The first-order chi connectivity index (χ1) is 2.27. The first-order valence-corrected chi connectivity index (χ1v) is 2.16. The monoisotopic (exact) mass is 136 g/mol. The Hall–Kier alpha value is 1.95. The molecule has 0 heterocycles. The maximum absolute atomic E-state index is 7.76. The van der Waals surface area contributed by atoms with Crippen LogP contribution in [0.15, 0.2) is 0 Å². The molecule has 0 radical (unpaired) electrons. The Morgan fingerprint density at radius 2 is 1.83 bits per heavy atom. The third-order valence-electron chi connectivity index (χ3n) is 0.163. The Bertz CT molecular complexity index is 28.9. The van der Waals surface area contributed by atoms with Crippen LogP contribution in [-0.2, 0) is 4.52 Å². The van der Waals surface area contributed by atoms with Crippen molar-refractivity contribution in [3.05, 3.63) is 0 Å². The predicted octanol–water partition coefficient (Wildman–Crippen LogP) is -3.04. The smallest absolute Gasteiger partial charge is 1.00 e. The van der Waals surface area contributed by atoms with E-state index < -0.39 is 8.60 Å². The first kappa shape index (κ1) is 10.8. The molecule has 0 aromatic carbocycles. The number of hydrogen-bond donors (Lipinski definition) is 2. The molecule has 0 atom stereocenters. The maximum Gasteiger partial charge on any atom is 1.00 e. The molecule has 0 aromatic rings. The van der Waals surface area contributed by atoms with Gasteiger partial charge in [0, 0.05) is 7.11 Å². The SMILES string of the molecule is COP(O)O.[H-].[K+].